The van der Waals surface area contributed by atoms with Crippen molar-refractivity contribution in [1.29, 1.82) is 0 Å². The normalized spacial score (nSPS) is 13.6. The van der Waals surface area contributed by atoms with Gasteiger partial charge in [0, 0.05) is 0 Å². The highest BCUT2D eigenvalue weighted by molar-refractivity contribution is 7.19. The van der Waals surface area contributed by atoms with E-state index in [1.54, 1.807) is 0 Å². The number of rotatable bonds is 15. The SMILES string of the molecule is CCCCCCC(CC)C(P)(CCCCC)CCCCC. The lowest BCUT2D eigenvalue weighted by Crippen LogP contribution is -2.31. The Morgan fingerprint density at radius 1 is 0.667 bits per heavy atom. The Kier molecular flexibility index (Phi) is 14.3. The fraction of sp³-hybridized carbons (Fsp3) is 1.00. The van der Waals surface area contributed by atoms with Crippen molar-refractivity contribution in [2.75, 3.05) is 0 Å². The summed E-state index contributed by atoms with van der Waals surface area (Å²) in [6.45, 7) is 9.38. The largest absolute Gasteiger partial charge is 0.131 e. The Balaban J connectivity index is 4.45. The molecule has 0 aliphatic heterocycles. The molecule has 0 radical (unpaired) electrons. The predicted molar refractivity (Wildman–Crippen MR) is 103 cm³/mol. The fourth-order valence-electron chi connectivity index (χ4n) is 3.66. The van der Waals surface area contributed by atoms with Crippen molar-refractivity contribution in [3.63, 3.8) is 0 Å². The highest BCUT2D eigenvalue weighted by atomic mass is 31.0. The second-order valence-corrected chi connectivity index (χ2v) is 8.25. The van der Waals surface area contributed by atoms with Crippen LogP contribution in [-0.4, -0.2) is 5.16 Å². The number of hydrogen-bond acceptors (Lipinski definition) is 0. The van der Waals surface area contributed by atoms with Gasteiger partial charge in [-0.3, -0.25) is 0 Å². The van der Waals surface area contributed by atoms with Crippen molar-refractivity contribution < 1.29 is 0 Å². The van der Waals surface area contributed by atoms with Gasteiger partial charge in [0.25, 0.3) is 0 Å². The summed E-state index contributed by atoms with van der Waals surface area (Å²) in [6.07, 6.45) is 19.7. The van der Waals surface area contributed by atoms with Crippen molar-refractivity contribution in [3.05, 3.63) is 0 Å². The van der Waals surface area contributed by atoms with Gasteiger partial charge in [0.15, 0.2) is 0 Å². The molecule has 0 heterocycles. The van der Waals surface area contributed by atoms with Gasteiger partial charge in [0.1, 0.15) is 0 Å². The third-order valence-corrected chi connectivity index (χ3v) is 6.25. The Morgan fingerprint density at radius 2 is 1.14 bits per heavy atom. The molecule has 0 aromatic rings. The molecule has 0 amide bonds. The summed E-state index contributed by atoms with van der Waals surface area (Å²) in [5, 5.41) is 0.533. The molecule has 128 valence electrons. The van der Waals surface area contributed by atoms with Crippen LogP contribution < -0.4 is 0 Å². The van der Waals surface area contributed by atoms with Crippen molar-refractivity contribution in [2.24, 2.45) is 5.92 Å². The predicted octanol–water partition coefficient (Wildman–Crippen LogP) is 7.76. The Morgan fingerprint density at radius 3 is 1.57 bits per heavy atom. The second-order valence-electron chi connectivity index (χ2n) is 7.10. The van der Waals surface area contributed by atoms with Crippen LogP contribution in [0.1, 0.15) is 118 Å². The first-order chi connectivity index (χ1) is 10.1. The zero-order chi connectivity index (χ0) is 16.0. The topological polar surface area (TPSA) is 0 Å². The lowest BCUT2D eigenvalue weighted by atomic mass is 9.78. The van der Waals surface area contributed by atoms with Crippen LogP contribution in [0.5, 0.6) is 0 Å². The molecule has 0 aromatic heterocycles. The van der Waals surface area contributed by atoms with Gasteiger partial charge in [-0.1, -0.05) is 98.3 Å². The van der Waals surface area contributed by atoms with E-state index in [9.17, 15) is 0 Å². The number of unbranched alkanes of at least 4 members (excludes halogenated alkanes) is 7. The molecule has 1 heteroatoms. The lowest BCUT2D eigenvalue weighted by molar-refractivity contribution is 0.285. The molecule has 0 aromatic carbocycles. The highest BCUT2D eigenvalue weighted by Crippen LogP contribution is 2.42. The molecule has 0 saturated carbocycles. The van der Waals surface area contributed by atoms with Crippen LogP contribution in [0.3, 0.4) is 0 Å². The van der Waals surface area contributed by atoms with Gasteiger partial charge < -0.3 is 0 Å². The Hall–Kier alpha value is 0.430. The summed E-state index contributed by atoms with van der Waals surface area (Å²) >= 11 is 0. The third kappa shape index (κ3) is 9.93. The smallest absolute Gasteiger partial charge is 0.0122 e. The summed E-state index contributed by atoms with van der Waals surface area (Å²) in [6, 6.07) is 0. The van der Waals surface area contributed by atoms with Gasteiger partial charge >= 0.3 is 0 Å². The van der Waals surface area contributed by atoms with E-state index in [-0.39, 0.29) is 0 Å². The maximum Gasteiger partial charge on any atom is -0.0122 e. The molecule has 0 aliphatic rings. The quantitative estimate of drug-likeness (QED) is 0.214. The minimum absolute atomic E-state index is 0.533. The van der Waals surface area contributed by atoms with E-state index in [1.807, 2.05) is 0 Å². The molecule has 0 nitrogen and oxygen atoms in total. The zero-order valence-electron chi connectivity index (χ0n) is 15.6. The summed E-state index contributed by atoms with van der Waals surface area (Å²) in [4.78, 5) is 0. The second kappa shape index (κ2) is 14.0. The van der Waals surface area contributed by atoms with Crippen molar-refractivity contribution in [1.82, 2.24) is 0 Å². The molecule has 0 N–H and O–H groups in total. The molecule has 0 saturated heterocycles. The fourth-order valence-corrected chi connectivity index (χ4v) is 4.47. The minimum atomic E-state index is 0.533. The maximum atomic E-state index is 3.34. The average molecular weight is 315 g/mol. The highest BCUT2D eigenvalue weighted by Gasteiger charge is 2.31. The van der Waals surface area contributed by atoms with E-state index in [1.165, 1.54) is 89.9 Å². The standard InChI is InChI=1S/C20H43P/c1-5-9-12-13-16-19(8-4)20(21,17-14-10-6-2)18-15-11-7-3/h19H,5-18,21H2,1-4H3. The first-order valence-corrected chi connectivity index (χ1v) is 10.5. The molecule has 2 atom stereocenters. The van der Waals surface area contributed by atoms with Crippen LogP contribution in [0.25, 0.3) is 0 Å². The minimum Gasteiger partial charge on any atom is -0.131 e. The lowest BCUT2D eigenvalue weighted by Gasteiger charge is -2.38. The molecule has 0 spiro atoms. The van der Waals surface area contributed by atoms with Crippen molar-refractivity contribution >= 4 is 9.24 Å². The van der Waals surface area contributed by atoms with Gasteiger partial charge in [-0.15, -0.1) is 9.24 Å². The first-order valence-electron chi connectivity index (χ1n) is 9.93. The number of hydrogen-bond donors (Lipinski definition) is 0. The van der Waals surface area contributed by atoms with E-state index < -0.39 is 0 Å². The van der Waals surface area contributed by atoms with Gasteiger partial charge in [0.05, 0.1) is 0 Å². The third-order valence-electron chi connectivity index (χ3n) is 5.20. The molecule has 21 heavy (non-hydrogen) atoms. The molecule has 2 unspecified atom stereocenters. The van der Waals surface area contributed by atoms with Crippen molar-refractivity contribution in [3.8, 4) is 0 Å². The van der Waals surface area contributed by atoms with Crippen LogP contribution in [0.4, 0.5) is 0 Å². The molecular formula is C20H43P. The van der Waals surface area contributed by atoms with Crippen LogP contribution in [0, 0.1) is 5.92 Å². The summed E-state index contributed by atoms with van der Waals surface area (Å²) in [7, 11) is 3.34. The zero-order valence-corrected chi connectivity index (χ0v) is 16.7. The summed E-state index contributed by atoms with van der Waals surface area (Å²) in [5.41, 5.74) is 0. The van der Waals surface area contributed by atoms with Gasteiger partial charge in [-0.2, -0.15) is 0 Å². The van der Waals surface area contributed by atoms with Gasteiger partial charge in [-0.05, 0) is 30.3 Å². The monoisotopic (exact) mass is 314 g/mol. The summed E-state index contributed by atoms with van der Waals surface area (Å²) < 4.78 is 0. The molecule has 0 bridgehead atoms. The molecule has 0 fully saturated rings. The van der Waals surface area contributed by atoms with Gasteiger partial charge in [-0.25, -0.2) is 0 Å². The molecular weight excluding hydrogens is 271 g/mol. The van der Waals surface area contributed by atoms with Gasteiger partial charge in [0.2, 0.25) is 0 Å². The van der Waals surface area contributed by atoms with E-state index in [4.69, 9.17) is 0 Å². The van der Waals surface area contributed by atoms with E-state index in [2.05, 4.69) is 36.9 Å². The Labute approximate surface area is 138 Å². The maximum absolute atomic E-state index is 3.34. The van der Waals surface area contributed by atoms with Crippen LogP contribution in [-0.2, 0) is 0 Å². The first kappa shape index (κ1) is 21.4. The summed E-state index contributed by atoms with van der Waals surface area (Å²) in [5.74, 6) is 0.924. The van der Waals surface area contributed by atoms with E-state index >= 15 is 0 Å². The van der Waals surface area contributed by atoms with E-state index in [0.717, 1.165) is 5.92 Å². The van der Waals surface area contributed by atoms with E-state index in [0.29, 0.717) is 5.16 Å². The van der Waals surface area contributed by atoms with Crippen LogP contribution in [0.2, 0.25) is 0 Å². The van der Waals surface area contributed by atoms with Crippen LogP contribution >= 0.6 is 9.24 Å². The van der Waals surface area contributed by atoms with Crippen molar-refractivity contribution in [2.45, 2.75) is 123 Å². The van der Waals surface area contributed by atoms with Crippen LogP contribution in [0.15, 0.2) is 0 Å². The molecule has 0 rings (SSSR count). The Bertz CT molecular complexity index is 202. The molecule has 0 aliphatic carbocycles. The average Bonchev–Trinajstić information content (AvgIpc) is 2.48.